The highest BCUT2D eigenvalue weighted by molar-refractivity contribution is 5.59. The largest absolute Gasteiger partial charge is 0.396 e. The van der Waals surface area contributed by atoms with Gasteiger partial charge in [-0.3, -0.25) is 10.1 Å². The quantitative estimate of drug-likeness (QED) is 0.592. The van der Waals surface area contributed by atoms with E-state index in [0.717, 1.165) is 0 Å². The molecule has 0 amide bonds. The van der Waals surface area contributed by atoms with Crippen LogP contribution in [0.2, 0.25) is 0 Å². The molecule has 96 valence electrons. The first-order valence-electron chi connectivity index (χ1n) is 5.61. The molecule has 0 radical (unpaired) electrons. The summed E-state index contributed by atoms with van der Waals surface area (Å²) < 4.78 is 0. The zero-order valence-corrected chi connectivity index (χ0v) is 10.1. The third kappa shape index (κ3) is 3.71. The molecule has 0 heterocycles. The second kappa shape index (κ2) is 6.57. The van der Waals surface area contributed by atoms with E-state index in [-0.39, 0.29) is 23.8 Å². The molecule has 1 aromatic carbocycles. The molecule has 6 nitrogen and oxygen atoms in total. The molecule has 0 aromatic heterocycles. The Hall–Kier alpha value is -2.13. The molecule has 1 rings (SSSR count). The summed E-state index contributed by atoms with van der Waals surface area (Å²) >= 11 is 0. The molecule has 0 aliphatic heterocycles. The normalized spacial score (nSPS) is 11.6. The molecule has 0 aliphatic carbocycles. The van der Waals surface area contributed by atoms with Crippen molar-refractivity contribution in [2.24, 2.45) is 5.92 Å². The van der Waals surface area contributed by atoms with Crippen molar-refractivity contribution < 1.29 is 10.0 Å². The fourth-order valence-electron chi connectivity index (χ4n) is 1.50. The van der Waals surface area contributed by atoms with Gasteiger partial charge >= 0.3 is 0 Å². The first-order valence-corrected chi connectivity index (χ1v) is 5.61. The van der Waals surface area contributed by atoms with Crippen molar-refractivity contribution in [3.8, 4) is 6.07 Å². The van der Waals surface area contributed by atoms with Crippen LogP contribution >= 0.6 is 0 Å². The number of nitro groups is 1. The number of nitro benzene ring substituents is 1. The third-order valence-electron chi connectivity index (χ3n) is 2.59. The summed E-state index contributed by atoms with van der Waals surface area (Å²) in [7, 11) is 0. The first kappa shape index (κ1) is 13.9. The van der Waals surface area contributed by atoms with Gasteiger partial charge in [0.2, 0.25) is 0 Å². The van der Waals surface area contributed by atoms with E-state index in [2.05, 4.69) is 5.32 Å². The van der Waals surface area contributed by atoms with E-state index in [1.807, 2.05) is 6.92 Å². The van der Waals surface area contributed by atoms with Gasteiger partial charge in [-0.2, -0.15) is 5.26 Å². The van der Waals surface area contributed by atoms with Gasteiger partial charge in [-0.25, -0.2) is 0 Å². The molecule has 2 N–H and O–H groups in total. The summed E-state index contributed by atoms with van der Waals surface area (Å²) in [6.07, 6.45) is 0.672. The fourth-order valence-corrected chi connectivity index (χ4v) is 1.50. The van der Waals surface area contributed by atoms with Crippen molar-refractivity contribution in [2.45, 2.75) is 13.3 Å². The SMILES string of the molecule is CC(CCO)CNc1ccc(C#N)c([N+](=O)[O-])c1. The highest BCUT2D eigenvalue weighted by Gasteiger charge is 2.14. The van der Waals surface area contributed by atoms with Gasteiger partial charge in [-0.1, -0.05) is 6.92 Å². The lowest BCUT2D eigenvalue weighted by Gasteiger charge is -2.12. The Morgan fingerprint density at radius 2 is 2.33 bits per heavy atom. The predicted octanol–water partition coefficient (Wildman–Crippen LogP) is 1.90. The molecule has 1 atom stereocenters. The van der Waals surface area contributed by atoms with E-state index in [9.17, 15) is 10.1 Å². The Morgan fingerprint density at radius 3 is 2.89 bits per heavy atom. The molecular weight excluding hydrogens is 234 g/mol. The molecule has 0 fully saturated rings. The summed E-state index contributed by atoms with van der Waals surface area (Å²) in [5.74, 6) is 0.268. The minimum atomic E-state index is -0.569. The molecule has 0 aliphatic rings. The average Bonchev–Trinajstić information content (AvgIpc) is 2.36. The van der Waals surface area contributed by atoms with E-state index < -0.39 is 4.92 Å². The number of rotatable bonds is 6. The minimum absolute atomic E-state index is 0.0500. The Labute approximate surface area is 105 Å². The first-order chi connectivity index (χ1) is 8.58. The van der Waals surface area contributed by atoms with E-state index in [0.29, 0.717) is 18.7 Å². The number of anilines is 1. The van der Waals surface area contributed by atoms with Gasteiger partial charge in [0.25, 0.3) is 5.69 Å². The second-order valence-corrected chi connectivity index (χ2v) is 4.10. The summed E-state index contributed by atoms with van der Waals surface area (Å²) in [6, 6.07) is 6.20. The summed E-state index contributed by atoms with van der Waals surface area (Å²) in [5.41, 5.74) is 0.455. The average molecular weight is 249 g/mol. The molecule has 1 unspecified atom stereocenters. The number of aliphatic hydroxyl groups is 1. The van der Waals surface area contributed by atoms with Gasteiger partial charge in [0.1, 0.15) is 11.6 Å². The Bertz CT molecular complexity index is 468. The fraction of sp³-hybridized carbons (Fsp3) is 0.417. The van der Waals surface area contributed by atoms with Crippen LogP contribution in [0.4, 0.5) is 11.4 Å². The summed E-state index contributed by atoms with van der Waals surface area (Å²) in [4.78, 5) is 10.2. The molecule has 0 spiro atoms. The Kier molecular flexibility index (Phi) is 5.08. The highest BCUT2D eigenvalue weighted by Crippen LogP contribution is 2.22. The van der Waals surface area contributed by atoms with E-state index in [1.165, 1.54) is 12.1 Å². The van der Waals surface area contributed by atoms with Gasteiger partial charge < -0.3 is 10.4 Å². The lowest BCUT2D eigenvalue weighted by Crippen LogP contribution is -2.12. The van der Waals surface area contributed by atoms with E-state index in [4.69, 9.17) is 10.4 Å². The van der Waals surface area contributed by atoms with Crippen molar-refractivity contribution in [3.05, 3.63) is 33.9 Å². The van der Waals surface area contributed by atoms with Crippen LogP contribution in [0.1, 0.15) is 18.9 Å². The molecule has 0 saturated heterocycles. The van der Waals surface area contributed by atoms with Crippen molar-refractivity contribution in [2.75, 3.05) is 18.5 Å². The third-order valence-corrected chi connectivity index (χ3v) is 2.59. The van der Waals surface area contributed by atoms with Crippen molar-refractivity contribution >= 4 is 11.4 Å². The van der Waals surface area contributed by atoms with Crippen LogP contribution in [0, 0.1) is 27.4 Å². The molecule has 18 heavy (non-hydrogen) atoms. The monoisotopic (exact) mass is 249 g/mol. The van der Waals surface area contributed by atoms with Crippen molar-refractivity contribution in [1.82, 2.24) is 0 Å². The topological polar surface area (TPSA) is 99.2 Å². The number of hydrogen-bond acceptors (Lipinski definition) is 5. The summed E-state index contributed by atoms with van der Waals surface area (Å²) in [6.45, 7) is 2.71. The van der Waals surface area contributed by atoms with Crippen LogP contribution in [0.15, 0.2) is 18.2 Å². The van der Waals surface area contributed by atoms with Crippen molar-refractivity contribution in [3.63, 3.8) is 0 Å². The maximum absolute atomic E-state index is 10.8. The van der Waals surface area contributed by atoms with Crippen LogP contribution < -0.4 is 5.32 Å². The molecule has 0 saturated carbocycles. The standard InChI is InChI=1S/C12H15N3O3/c1-9(4-5-16)8-14-11-3-2-10(7-13)12(6-11)15(17)18/h2-3,6,9,14,16H,4-5,8H2,1H3. The molecular formula is C12H15N3O3. The maximum atomic E-state index is 10.8. The van der Waals surface area contributed by atoms with Gasteiger partial charge in [-0.05, 0) is 24.5 Å². The number of nitrogens with one attached hydrogen (secondary N) is 1. The molecule has 6 heteroatoms. The smallest absolute Gasteiger partial charge is 0.289 e. The number of hydrogen-bond donors (Lipinski definition) is 2. The zero-order chi connectivity index (χ0) is 13.5. The van der Waals surface area contributed by atoms with Crippen LogP contribution in [-0.2, 0) is 0 Å². The van der Waals surface area contributed by atoms with Crippen LogP contribution in [0.3, 0.4) is 0 Å². The number of benzene rings is 1. The molecule has 0 bridgehead atoms. The predicted molar refractivity (Wildman–Crippen MR) is 67.2 cm³/mol. The molecule has 1 aromatic rings. The van der Waals surface area contributed by atoms with Crippen molar-refractivity contribution in [1.29, 1.82) is 5.26 Å². The Morgan fingerprint density at radius 1 is 1.61 bits per heavy atom. The lowest BCUT2D eigenvalue weighted by atomic mass is 10.1. The summed E-state index contributed by atoms with van der Waals surface area (Å²) in [5, 5.41) is 31.3. The van der Waals surface area contributed by atoms with E-state index >= 15 is 0 Å². The van der Waals surface area contributed by atoms with Gasteiger partial charge in [0, 0.05) is 24.9 Å². The maximum Gasteiger partial charge on any atom is 0.289 e. The zero-order valence-electron chi connectivity index (χ0n) is 10.1. The van der Waals surface area contributed by atoms with Crippen LogP contribution in [0.25, 0.3) is 0 Å². The number of nitrogens with zero attached hydrogens (tertiary/aromatic N) is 2. The van der Waals surface area contributed by atoms with Gasteiger partial charge in [0.15, 0.2) is 0 Å². The lowest BCUT2D eigenvalue weighted by molar-refractivity contribution is -0.385. The minimum Gasteiger partial charge on any atom is -0.396 e. The highest BCUT2D eigenvalue weighted by atomic mass is 16.6. The van der Waals surface area contributed by atoms with Gasteiger partial charge in [-0.15, -0.1) is 0 Å². The number of nitriles is 1. The Balaban J connectivity index is 2.77. The van der Waals surface area contributed by atoms with Gasteiger partial charge in [0.05, 0.1) is 4.92 Å². The van der Waals surface area contributed by atoms with Crippen LogP contribution in [0.5, 0.6) is 0 Å². The second-order valence-electron chi connectivity index (χ2n) is 4.10. The number of aliphatic hydroxyl groups excluding tert-OH is 1. The van der Waals surface area contributed by atoms with E-state index in [1.54, 1.807) is 12.1 Å². The van der Waals surface area contributed by atoms with Crippen LogP contribution in [-0.4, -0.2) is 23.2 Å².